The molecule has 3 rings (SSSR count). The van der Waals surface area contributed by atoms with Crippen molar-refractivity contribution in [3.63, 3.8) is 0 Å². The molecule has 0 radical (unpaired) electrons. The molecular formula is C15H22N2O. The topological polar surface area (TPSA) is 47.3 Å². The van der Waals surface area contributed by atoms with E-state index in [1.165, 1.54) is 24.8 Å². The second-order valence-corrected chi connectivity index (χ2v) is 5.51. The highest BCUT2D eigenvalue weighted by Gasteiger charge is 2.46. The summed E-state index contributed by atoms with van der Waals surface area (Å²) in [7, 11) is 0. The van der Waals surface area contributed by atoms with Crippen LogP contribution in [0.3, 0.4) is 0 Å². The maximum absolute atomic E-state index is 5.87. The Bertz CT molecular complexity index is 375. The van der Waals surface area contributed by atoms with Crippen LogP contribution in [0.25, 0.3) is 0 Å². The molecule has 1 heterocycles. The maximum Gasteiger partial charge on any atom is 0.0744 e. The van der Waals surface area contributed by atoms with Crippen molar-refractivity contribution >= 4 is 0 Å². The van der Waals surface area contributed by atoms with Crippen molar-refractivity contribution in [3.05, 3.63) is 35.9 Å². The van der Waals surface area contributed by atoms with Crippen LogP contribution in [0.5, 0.6) is 0 Å². The van der Waals surface area contributed by atoms with Crippen LogP contribution < -0.4 is 11.3 Å². The second kappa shape index (κ2) is 5.39. The normalized spacial score (nSPS) is 33.1. The van der Waals surface area contributed by atoms with Gasteiger partial charge in [0, 0.05) is 6.61 Å². The van der Waals surface area contributed by atoms with Crippen molar-refractivity contribution in [1.29, 1.82) is 0 Å². The van der Waals surface area contributed by atoms with Gasteiger partial charge in [-0.15, -0.1) is 0 Å². The molecule has 1 aliphatic carbocycles. The Labute approximate surface area is 109 Å². The van der Waals surface area contributed by atoms with Crippen LogP contribution in [0.15, 0.2) is 30.3 Å². The molecule has 4 atom stereocenters. The Hall–Kier alpha value is -0.900. The Balaban J connectivity index is 1.64. The third-order valence-corrected chi connectivity index (χ3v) is 4.34. The molecule has 1 saturated carbocycles. The molecule has 1 saturated heterocycles. The van der Waals surface area contributed by atoms with E-state index in [1.807, 2.05) is 0 Å². The van der Waals surface area contributed by atoms with Crippen molar-refractivity contribution in [2.45, 2.75) is 43.7 Å². The summed E-state index contributed by atoms with van der Waals surface area (Å²) in [6, 6.07) is 11.1. The number of hydrazine groups is 1. The van der Waals surface area contributed by atoms with Gasteiger partial charge >= 0.3 is 0 Å². The van der Waals surface area contributed by atoms with Gasteiger partial charge in [-0.3, -0.25) is 11.3 Å². The van der Waals surface area contributed by atoms with Crippen molar-refractivity contribution in [1.82, 2.24) is 5.43 Å². The SMILES string of the molecule is NNC(C1CCCCO1)C1CC1c1ccccc1. The minimum atomic E-state index is 0.308. The number of benzene rings is 1. The fourth-order valence-corrected chi connectivity index (χ4v) is 3.25. The average molecular weight is 246 g/mol. The quantitative estimate of drug-likeness (QED) is 0.632. The summed E-state index contributed by atoms with van der Waals surface area (Å²) in [4.78, 5) is 0. The van der Waals surface area contributed by atoms with Crippen LogP contribution in [0, 0.1) is 5.92 Å². The van der Waals surface area contributed by atoms with E-state index in [1.54, 1.807) is 0 Å². The zero-order valence-corrected chi connectivity index (χ0v) is 10.7. The second-order valence-electron chi connectivity index (χ2n) is 5.51. The molecule has 3 heteroatoms. The van der Waals surface area contributed by atoms with Crippen LogP contribution in [-0.2, 0) is 4.74 Å². The van der Waals surface area contributed by atoms with E-state index in [9.17, 15) is 0 Å². The summed E-state index contributed by atoms with van der Waals surface area (Å²) in [5.74, 6) is 7.06. The first-order valence-corrected chi connectivity index (χ1v) is 7.03. The van der Waals surface area contributed by atoms with Gasteiger partial charge in [-0.2, -0.15) is 0 Å². The predicted octanol–water partition coefficient (Wildman–Crippen LogP) is 2.19. The van der Waals surface area contributed by atoms with E-state index in [0.29, 0.717) is 24.0 Å². The first kappa shape index (κ1) is 12.2. The lowest BCUT2D eigenvalue weighted by Gasteiger charge is -2.30. The zero-order chi connectivity index (χ0) is 12.4. The van der Waals surface area contributed by atoms with Crippen LogP contribution >= 0.6 is 0 Å². The lowest BCUT2D eigenvalue weighted by atomic mass is 9.96. The van der Waals surface area contributed by atoms with E-state index in [-0.39, 0.29) is 0 Å². The molecule has 4 unspecified atom stereocenters. The van der Waals surface area contributed by atoms with Crippen molar-refractivity contribution in [2.24, 2.45) is 11.8 Å². The third-order valence-electron chi connectivity index (χ3n) is 4.34. The molecule has 0 aromatic heterocycles. The number of ether oxygens (including phenoxy) is 1. The van der Waals surface area contributed by atoms with E-state index >= 15 is 0 Å². The van der Waals surface area contributed by atoms with Gasteiger partial charge in [0.05, 0.1) is 12.1 Å². The number of hydrogen-bond donors (Lipinski definition) is 2. The highest BCUT2D eigenvalue weighted by atomic mass is 16.5. The smallest absolute Gasteiger partial charge is 0.0744 e. The number of nitrogens with two attached hydrogens (primary N) is 1. The molecule has 98 valence electrons. The number of hydrogen-bond acceptors (Lipinski definition) is 3. The van der Waals surface area contributed by atoms with Crippen molar-refractivity contribution in [3.8, 4) is 0 Å². The molecule has 18 heavy (non-hydrogen) atoms. The summed E-state index contributed by atoms with van der Waals surface area (Å²) in [6.07, 6.45) is 5.15. The molecule has 2 aliphatic rings. The summed E-state index contributed by atoms with van der Waals surface area (Å²) in [6.45, 7) is 0.894. The minimum Gasteiger partial charge on any atom is -0.377 e. The first-order chi connectivity index (χ1) is 8.90. The van der Waals surface area contributed by atoms with Crippen molar-refractivity contribution in [2.75, 3.05) is 6.61 Å². The van der Waals surface area contributed by atoms with Crippen LogP contribution in [-0.4, -0.2) is 18.8 Å². The van der Waals surface area contributed by atoms with Gasteiger partial charge < -0.3 is 4.74 Å². The van der Waals surface area contributed by atoms with E-state index in [2.05, 4.69) is 35.8 Å². The first-order valence-electron chi connectivity index (χ1n) is 7.03. The van der Waals surface area contributed by atoms with Gasteiger partial charge in [0.1, 0.15) is 0 Å². The lowest BCUT2D eigenvalue weighted by molar-refractivity contribution is -0.0128. The van der Waals surface area contributed by atoms with Gasteiger partial charge in [0.15, 0.2) is 0 Å². The molecule has 3 N–H and O–H groups in total. The minimum absolute atomic E-state index is 0.308. The largest absolute Gasteiger partial charge is 0.377 e. The summed E-state index contributed by atoms with van der Waals surface area (Å²) in [5.41, 5.74) is 4.45. The molecule has 2 fully saturated rings. The molecule has 3 nitrogen and oxygen atoms in total. The van der Waals surface area contributed by atoms with Gasteiger partial charge in [-0.05, 0) is 43.1 Å². The molecule has 1 aromatic carbocycles. The Morgan fingerprint density at radius 2 is 2.06 bits per heavy atom. The van der Waals surface area contributed by atoms with Gasteiger partial charge in [-0.1, -0.05) is 30.3 Å². The molecule has 1 aromatic rings. The Morgan fingerprint density at radius 3 is 2.72 bits per heavy atom. The standard InChI is InChI=1S/C15H22N2O/c16-17-15(14-8-4-5-9-18-14)13-10-12(13)11-6-2-1-3-7-11/h1-3,6-7,12-15,17H,4-5,8-10,16H2. The monoisotopic (exact) mass is 246 g/mol. The van der Waals surface area contributed by atoms with Gasteiger partial charge in [0.2, 0.25) is 0 Å². The fourth-order valence-electron chi connectivity index (χ4n) is 3.25. The average Bonchev–Trinajstić information content (AvgIpc) is 3.22. The van der Waals surface area contributed by atoms with Crippen LogP contribution in [0.4, 0.5) is 0 Å². The van der Waals surface area contributed by atoms with Crippen LogP contribution in [0.1, 0.15) is 37.2 Å². The molecular weight excluding hydrogens is 224 g/mol. The highest BCUT2D eigenvalue weighted by Crippen LogP contribution is 2.50. The van der Waals surface area contributed by atoms with E-state index in [4.69, 9.17) is 10.6 Å². The van der Waals surface area contributed by atoms with E-state index in [0.717, 1.165) is 13.0 Å². The number of nitrogens with one attached hydrogen (secondary N) is 1. The third kappa shape index (κ3) is 2.44. The van der Waals surface area contributed by atoms with Crippen LogP contribution in [0.2, 0.25) is 0 Å². The number of rotatable bonds is 4. The lowest BCUT2D eigenvalue weighted by Crippen LogP contribution is -2.48. The molecule has 1 aliphatic heterocycles. The Kier molecular flexibility index (Phi) is 3.64. The highest BCUT2D eigenvalue weighted by molar-refractivity contribution is 5.27. The summed E-state index contributed by atoms with van der Waals surface area (Å²) >= 11 is 0. The Morgan fingerprint density at radius 1 is 1.22 bits per heavy atom. The zero-order valence-electron chi connectivity index (χ0n) is 10.7. The maximum atomic E-state index is 5.87. The molecule has 0 bridgehead atoms. The van der Waals surface area contributed by atoms with Gasteiger partial charge in [0.25, 0.3) is 0 Å². The van der Waals surface area contributed by atoms with Gasteiger partial charge in [-0.25, -0.2) is 0 Å². The van der Waals surface area contributed by atoms with Crippen molar-refractivity contribution < 1.29 is 4.74 Å². The predicted molar refractivity (Wildman–Crippen MR) is 72.0 cm³/mol. The van der Waals surface area contributed by atoms with E-state index < -0.39 is 0 Å². The molecule has 0 spiro atoms. The molecule has 0 amide bonds. The fraction of sp³-hybridized carbons (Fsp3) is 0.600. The summed E-state index contributed by atoms with van der Waals surface area (Å²) in [5, 5.41) is 0. The summed E-state index contributed by atoms with van der Waals surface area (Å²) < 4.78 is 5.87.